The number of pyridine rings is 1. The van der Waals surface area contributed by atoms with E-state index in [0.717, 1.165) is 7.11 Å². The summed E-state index contributed by atoms with van der Waals surface area (Å²) in [7, 11) is 1.02. The number of hydrogen-bond donors (Lipinski definition) is 1. The van der Waals surface area contributed by atoms with Gasteiger partial charge >= 0.3 is 5.97 Å². The van der Waals surface area contributed by atoms with E-state index >= 15 is 0 Å². The summed E-state index contributed by atoms with van der Waals surface area (Å²) in [5.74, 6) is -3.05. The minimum absolute atomic E-state index is 0.402. The average molecular weight is 235 g/mol. The van der Waals surface area contributed by atoms with Gasteiger partial charge < -0.3 is 9.84 Å². The molecule has 0 atom stereocenters. The Bertz CT molecular complexity index is 409. The van der Waals surface area contributed by atoms with Gasteiger partial charge in [-0.2, -0.15) is 0 Å². The van der Waals surface area contributed by atoms with Gasteiger partial charge in [0.1, 0.15) is 0 Å². The van der Waals surface area contributed by atoms with Crippen LogP contribution >= 0.6 is 0 Å². The van der Waals surface area contributed by atoms with Gasteiger partial charge in [-0.15, -0.1) is 0 Å². The first-order chi connectivity index (χ1) is 7.47. The zero-order valence-corrected chi connectivity index (χ0v) is 8.21. The maximum absolute atomic E-state index is 13.1. The van der Waals surface area contributed by atoms with E-state index in [4.69, 9.17) is 5.11 Å². The third kappa shape index (κ3) is 2.41. The van der Waals surface area contributed by atoms with Crippen LogP contribution in [0.2, 0.25) is 0 Å². The van der Waals surface area contributed by atoms with Crippen LogP contribution in [0.3, 0.4) is 0 Å². The molecule has 0 saturated carbocycles. The van der Waals surface area contributed by atoms with Crippen molar-refractivity contribution < 1.29 is 27.8 Å². The molecule has 1 N–H and O–H groups in total. The molecular weight excluding hydrogens is 227 g/mol. The average Bonchev–Trinajstić information content (AvgIpc) is 2.18. The van der Waals surface area contributed by atoms with Crippen LogP contribution in [0.4, 0.5) is 13.2 Å². The highest BCUT2D eigenvalue weighted by molar-refractivity contribution is 5.70. The number of alkyl halides is 2. The van der Waals surface area contributed by atoms with Gasteiger partial charge in [-0.25, -0.2) is 13.2 Å². The van der Waals surface area contributed by atoms with Crippen molar-refractivity contribution in [3.63, 3.8) is 0 Å². The predicted octanol–water partition coefficient (Wildman–Crippen LogP) is 1.79. The van der Waals surface area contributed by atoms with Crippen molar-refractivity contribution in [2.24, 2.45) is 0 Å². The number of methoxy groups -OCH3 is 1. The van der Waals surface area contributed by atoms with Crippen LogP contribution in [-0.2, 0) is 11.2 Å². The SMILES string of the molecule is COc1c(F)cnc(CC(=O)O)c1C(F)F. The van der Waals surface area contributed by atoms with Crippen molar-refractivity contribution in [3.8, 4) is 5.75 Å². The minimum Gasteiger partial charge on any atom is -0.493 e. The summed E-state index contributed by atoms with van der Waals surface area (Å²) in [4.78, 5) is 13.7. The fraction of sp³-hybridized carbons (Fsp3) is 0.333. The predicted molar refractivity (Wildman–Crippen MR) is 47.0 cm³/mol. The standard InChI is InChI=1S/C9H8F3NO3/c1-16-8-4(10)3-13-5(2-6(14)15)7(8)9(11)12/h3,9H,2H2,1H3,(H,14,15). The second-order valence-corrected chi connectivity index (χ2v) is 2.87. The van der Waals surface area contributed by atoms with Crippen molar-refractivity contribution in [1.82, 2.24) is 4.98 Å². The summed E-state index contributed by atoms with van der Waals surface area (Å²) in [5, 5.41) is 8.49. The lowest BCUT2D eigenvalue weighted by Gasteiger charge is -2.11. The highest BCUT2D eigenvalue weighted by Crippen LogP contribution is 2.33. The molecule has 0 spiro atoms. The van der Waals surface area contributed by atoms with Gasteiger partial charge in [-0.3, -0.25) is 9.78 Å². The molecule has 1 rings (SSSR count). The third-order valence-corrected chi connectivity index (χ3v) is 1.85. The summed E-state index contributed by atoms with van der Waals surface area (Å²) in [6.07, 6.45) is -3.10. The monoisotopic (exact) mass is 235 g/mol. The Hall–Kier alpha value is -1.79. The summed E-state index contributed by atoms with van der Waals surface area (Å²) in [6.45, 7) is 0. The lowest BCUT2D eigenvalue weighted by molar-refractivity contribution is -0.136. The van der Waals surface area contributed by atoms with Gasteiger partial charge in [0.05, 0.1) is 31.0 Å². The number of carboxylic acid groups (broad SMARTS) is 1. The van der Waals surface area contributed by atoms with Crippen LogP contribution in [0, 0.1) is 5.82 Å². The number of carbonyl (C=O) groups is 1. The second-order valence-electron chi connectivity index (χ2n) is 2.87. The minimum atomic E-state index is -3.05. The van der Waals surface area contributed by atoms with E-state index < -0.39 is 41.6 Å². The largest absolute Gasteiger partial charge is 0.493 e. The molecule has 0 aliphatic rings. The Morgan fingerprint density at radius 1 is 1.62 bits per heavy atom. The molecule has 0 radical (unpaired) electrons. The lowest BCUT2D eigenvalue weighted by atomic mass is 10.1. The van der Waals surface area contributed by atoms with Crippen molar-refractivity contribution in [3.05, 3.63) is 23.3 Å². The first-order valence-electron chi connectivity index (χ1n) is 4.18. The Balaban J connectivity index is 3.32. The normalized spacial score (nSPS) is 10.6. The summed E-state index contributed by atoms with van der Waals surface area (Å²) < 4.78 is 42.8. The van der Waals surface area contributed by atoms with Crippen molar-refractivity contribution in [1.29, 1.82) is 0 Å². The second kappa shape index (κ2) is 4.82. The molecule has 1 aromatic heterocycles. The molecule has 0 unspecified atom stereocenters. The van der Waals surface area contributed by atoms with Crippen LogP contribution in [0.1, 0.15) is 17.7 Å². The van der Waals surface area contributed by atoms with Gasteiger partial charge in [-0.1, -0.05) is 0 Å². The molecule has 0 saturated heterocycles. The Labute approximate surface area is 88.7 Å². The third-order valence-electron chi connectivity index (χ3n) is 1.85. The molecular formula is C9H8F3NO3. The number of aromatic nitrogens is 1. The Morgan fingerprint density at radius 3 is 2.69 bits per heavy atom. The number of ether oxygens (including phenoxy) is 1. The van der Waals surface area contributed by atoms with E-state index in [1.165, 1.54) is 0 Å². The number of rotatable bonds is 4. The van der Waals surface area contributed by atoms with Crippen molar-refractivity contribution in [2.45, 2.75) is 12.8 Å². The molecule has 0 bridgehead atoms. The summed E-state index contributed by atoms with van der Waals surface area (Å²) in [6, 6.07) is 0. The summed E-state index contributed by atoms with van der Waals surface area (Å²) in [5.41, 5.74) is -1.22. The highest BCUT2D eigenvalue weighted by atomic mass is 19.3. The van der Waals surface area contributed by atoms with Crippen LogP contribution in [0.25, 0.3) is 0 Å². The Morgan fingerprint density at radius 2 is 2.25 bits per heavy atom. The number of aliphatic carboxylic acids is 1. The van der Waals surface area contributed by atoms with E-state index in [9.17, 15) is 18.0 Å². The van der Waals surface area contributed by atoms with Gasteiger partial charge in [0, 0.05) is 0 Å². The van der Waals surface area contributed by atoms with E-state index in [1.807, 2.05) is 0 Å². The molecule has 7 heteroatoms. The molecule has 1 aromatic rings. The van der Waals surface area contributed by atoms with Crippen molar-refractivity contribution in [2.75, 3.05) is 7.11 Å². The fourth-order valence-corrected chi connectivity index (χ4v) is 1.24. The van der Waals surface area contributed by atoms with Crippen LogP contribution in [-0.4, -0.2) is 23.2 Å². The van der Waals surface area contributed by atoms with Gasteiger partial charge in [0.25, 0.3) is 6.43 Å². The number of halogens is 3. The molecule has 0 aliphatic carbocycles. The molecule has 16 heavy (non-hydrogen) atoms. The lowest BCUT2D eigenvalue weighted by Crippen LogP contribution is -2.09. The quantitative estimate of drug-likeness (QED) is 0.864. The van der Waals surface area contributed by atoms with E-state index in [1.54, 1.807) is 0 Å². The first kappa shape index (κ1) is 12.3. The van der Waals surface area contributed by atoms with E-state index in [0.29, 0.717) is 6.20 Å². The molecule has 0 aromatic carbocycles. The smallest absolute Gasteiger partial charge is 0.309 e. The van der Waals surface area contributed by atoms with Gasteiger partial charge in [0.2, 0.25) is 0 Å². The van der Waals surface area contributed by atoms with Crippen molar-refractivity contribution >= 4 is 5.97 Å². The molecule has 0 aliphatic heterocycles. The van der Waals surface area contributed by atoms with Crippen LogP contribution in [0.15, 0.2) is 6.20 Å². The molecule has 4 nitrogen and oxygen atoms in total. The zero-order chi connectivity index (χ0) is 12.3. The van der Waals surface area contributed by atoms with Crippen LogP contribution in [0.5, 0.6) is 5.75 Å². The summed E-state index contributed by atoms with van der Waals surface area (Å²) >= 11 is 0. The zero-order valence-electron chi connectivity index (χ0n) is 8.21. The topological polar surface area (TPSA) is 59.4 Å². The maximum atomic E-state index is 13.1. The maximum Gasteiger partial charge on any atom is 0.309 e. The van der Waals surface area contributed by atoms with Gasteiger partial charge in [-0.05, 0) is 0 Å². The molecule has 0 fully saturated rings. The first-order valence-corrected chi connectivity index (χ1v) is 4.18. The number of carboxylic acids is 1. The number of hydrogen-bond acceptors (Lipinski definition) is 3. The molecule has 0 amide bonds. The van der Waals surface area contributed by atoms with Crippen LogP contribution < -0.4 is 4.74 Å². The number of nitrogens with zero attached hydrogens (tertiary/aromatic N) is 1. The van der Waals surface area contributed by atoms with Gasteiger partial charge in [0.15, 0.2) is 11.6 Å². The van der Waals surface area contributed by atoms with E-state index in [2.05, 4.69) is 9.72 Å². The fourth-order valence-electron chi connectivity index (χ4n) is 1.24. The molecule has 88 valence electrons. The molecule has 1 heterocycles. The van der Waals surface area contributed by atoms with E-state index in [-0.39, 0.29) is 0 Å². The highest BCUT2D eigenvalue weighted by Gasteiger charge is 2.24. The Kier molecular flexibility index (Phi) is 3.70.